The average molecular weight is 233 g/mol. The van der Waals surface area contributed by atoms with E-state index < -0.39 is 6.10 Å². The Balaban J connectivity index is 3.08. The van der Waals surface area contributed by atoms with Crippen LogP contribution in [0.15, 0.2) is 0 Å². The van der Waals surface area contributed by atoms with Gasteiger partial charge in [0.15, 0.2) is 0 Å². The summed E-state index contributed by atoms with van der Waals surface area (Å²) in [7, 11) is 0. The van der Waals surface area contributed by atoms with Crippen molar-refractivity contribution in [1.82, 2.24) is 5.32 Å². The van der Waals surface area contributed by atoms with Gasteiger partial charge in [0.25, 0.3) is 0 Å². The highest BCUT2D eigenvalue weighted by Gasteiger charge is 2.02. The SMILES string of the molecule is CCOCC(O)CNCCCOCC(C)C. The molecule has 4 nitrogen and oxygen atoms in total. The van der Waals surface area contributed by atoms with Crippen molar-refractivity contribution in [2.45, 2.75) is 33.3 Å². The second-order valence-electron chi connectivity index (χ2n) is 4.34. The summed E-state index contributed by atoms with van der Waals surface area (Å²) in [6.07, 6.45) is 0.574. The average Bonchev–Trinajstić information content (AvgIpc) is 2.24. The highest BCUT2D eigenvalue weighted by atomic mass is 16.5. The van der Waals surface area contributed by atoms with Gasteiger partial charge < -0.3 is 19.9 Å². The van der Waals surface area contributed by atoms with Crippen LogP contribution < -0.4 is 5.32 Å². The van der Waals surface area contributed by atoms with Crippen molar-refractivity contribution in [1.29, 1.82) is 0 Å². The Labute approximate surface area is 99.3 Å². The lowest BCUT2D eigenvalue weighted by atomic mass is 10.2. The molecule has 16 heavy (non-hydrogen) atoms. The first kappa shape index (κ1) is 15.8. The predicted molar refractivity (Wildman–Crippen MR) is 65.6 cm³/mol. The summed E-state index contributed by atoms with van der Waals surface area (Å²) in [6, 6.07) is 0. The molecule has 0 aliphatic rings. The lowest BCUT2D eigenvalue weighted by Gasteiger charge is -2.11. The van der Waals surface area contributed by atoms with E-state index in [9.17, 15) is 5.11 Å². The topological polar surface area (TPSA) is 50.7 Å². The fraction of sp³-hybridized carbons (Fsp3) is 1.00. The number of ether oxygens (including phenoxy) is 2. The van der Waals surface area contributed by atoms with E-state index in [0.717, 1.165) is 26.2 Å². The van der Waals surface area contributed by atoms with Crippen LogP contribution in [0.3, 0.4) is 0 Å². The number of nitrogens with one attached hydrogen (secondary N) is 1. The number of aliphatic hydroxyl groups excluding tert-OH is 1. The smallest absolute Gasteiger partial charge is 0.0897 e. The van der Waals surface area contributed by atoms with E-state index in [1.54, 1.807) is 0 Å². The van der Waals surface area contributed by atoms with Crippen LogP contribution in [0.2, 0.25) is 0 Å². The molecule has 0 fully saturated rings. The molecule has 0 heterocycles. The fourth-order valence-electron chi connectivity index (χ4n) is 1.20. The molecule has 0 bridgehead atoms. The molecule has 0 saturated heterocycles. The van der Waals surface area contributed by atoms with Gasteiger partial charge in [-0.15, -0.1) is 0 Å². The Hall–Kier alpha value is -0.160. The van der Waals surface area contributed by atoms with Crippen LogP contribution in [0.4, 0.5) is 0 Å². The maximum atomic E-state index is 9.44. The third-order valence-corrected chi connectivity index (χ3v) is 1.99. The van der Waals surface area contributed by atoms with Crippen molar-refractivity contribution in [3.8, 4) is 0 Å². The fourth-order valence-corrected chi connectivity index (χ4v) is 1.20. The third-order valence-electron chi connectivity index (χ3n) is 1.99. The normalized spacial score (nSPS) is 13.3. The van der Waals surface area contributed by atoms with E-state index in [0.29, 0.717) is 25.7 Å². The summed E-state index contributed by atoms with van der Waals surface area (Å²) in [5.74, 6) is 0.598. The summed E-state index contributed by atoms with van der Waals surface area (Å²) in [5, 5.41) is 12.6. The van der Waals surface area contributed by atoms with Gasteiger partial charge in [-0.2, -0.15) is 0 Å². The Kier molecular flexibility index (Phi) is 11.2. The lowest BCUT2D eigenvalue weighted by Crippen LogP contribution is -2.31. The molecule has 4 heteroatoms. The molecule has 0 rings (SSSR count). The molecule has 0 amide bonds. The minimum atomic E-state index is -0.406. The molecule has 1 atom stereocenters. The van der Waals surface area contributed by atoms with Crippen molar-refractivity contribution in [2.75, 3.05) is 39.5 Å². The molecular formula is C12H27NO3. The molecule has 0 aromatic rings. The largest absolute Gasteiger partial charge is 0.389 e. The number of rotatable bonds is 11. The Morgan fingerprint density at radius 1 is 1.19 bits per heavy atom. The first-order valence-electron chi connectivity index (χ1n) is 6.21. The quantitative estimate of drug-likeness (QED) is 0.524. The molecule has 2 N–H and O–H groups in total. The van der Waals surface area contributed by atoms with Crippen molar-refractivity contribution in [3.63, 3.8) is 0 Å². The summed E-state index contributed by atoms with van der Waals surface area (Å²) in [6.45, 7) is 10.3. The van der Waals surface area contributed by atoms with E-state index in [4.69, 9.17) is 9.47 Å². The molecule has 1 unspecified atom stereocenters. The molecular weight excluding hydrogens is 206 g/mol. The first-order valence-corrected chi connectivity index (χ1v) is 6.21. The van der Waals surface area contributed by atoms with Gasteiger partial charge in [-0.3, -0.25) is 0 Å². The highest BCUT2D eigenvalue weighted by molar-refractivity contribution is 4.58. The molecule has 0 radical (unpaired) electrons. The van der Waals surface area contributed by atoms with Gasteiger partial charge in [-0.1, -0.05) is 13.8 Å². The highest BCUT2D eigenvalue weighted by Crippen LogP contribution is 1.92. The van der Waals surface area contributed by atoms with Crippen molar-refractivity contribution in [2.24, 2.45) is 5.92 Å². The summed E-state index contributed by atoms with van der Waals surface area (Å²) < 4.78 is 10.5. The lowest BCUT2D eigenvalue weighted by molar-refractivity contribution is 0.0423. The van der Waals surface area contributed by atoms with Gasteiger partial charge in [0.1, 0.15) is 0 Å². The van der Waals surface area contributed by atoms with E-state index in [1.807, 2.05) is 6.92 Å². The first-order chi connectivity index (χ1) is 7.66. The maximum absolute atomic E-state index is 9.44. The Bertz CT molecular complexity index is 142. The summed E-state index contributed by atoms with van der Waals surface area (Å²) >= 11 is 0. The van der Waals surface area contributed by atoms with Gasteiger partial charge >= 0.3 is 0 Å². The number of aliphatic hydroxyl groups is 1. The molecule has 0 aromatic heterocycles. The van der Waals surface area contributed by atoms with Crippen LogP contribution in [0, 0.1) is 5.92 Å². The zero-order valence-electron chi connectivity index (χ0n) is 10.9. The van der Waals surface area contributed by atoms with Gasteiger partial charge in [-0.25, -0.2) is 0 Å². The van der Waals surface area contributed by atoms with Crippen LogP contribution in [0.25, 0.3) is 0 Å². The van der Waals surface area contributed by atoms with Gasteiger partial charge in [-0.05, 0) is 25.8 Å². The minimum Gasteiger partial charge on any atom is -0.389 e. The van der Waals surface area contributed by atoms with Crippen molar-refractivity contribution >= 4 is 0 Å². The minimum absolute atomic E-state index is 0.406. The standard InChI is InChI=1S/C12H27NO3/c1-4-15-10-12(14)8-13-6-5-7-16-9-11(2)3/h11-14H,4-10H2,1-3H3. The molecule has 98 valence electrons. The van der Waals surface area contributed by atoms with Crippen LogP contribution in [0.5, 0.6) is 0 Å². The maximum Gasteiger partial charge on any atom is 0.0897 e. The Morgan fingerprint density at radius 2 is 1.94 bits per heavy atom. The summed E-state index contributed by atoms with van der Waals surface area (Å²) in [5.41, 5.74) is 0. The van der Waals surface area contributed by atoms with Crippen LogP contribution >= 0.6 is 0 Å². The molecule has 0 aliphatic carbocycles. The van der Waals surface area contributed by atoms with Gasteiger partial charge in [0.05, 0.1) is 12.7 Å². The van der Waals surface area contributed by atoms with E-state index in [2.05, 4.69) is 19.2 Å². The van der Waals surface area contributed by atoms with E-state index in [-0.39, 0.29) is 0 Å². The second-order valence-corrected chi connectivity index (χ2v) is 4.34. The number of hydrogen-bond donors (Lipinski definition) is 2. The zero-order chi connectivity index (χ0) is 12.2. The van der Waals surface area contributed by atoms with Crippen molar-refractivity contribution in [3.05, 3.63) is 0 Å². The van der Waals surface area contributed by atoms with Crippen LogP contribution in [0.1, 0.15) is 27.2 Å². The summed E-state index contributed by atoms with van der Waals surface area (Å²) in [4.78, 5) is 0. The monoisotopic (exact) mass is 233 g/mol. The van der Waals surface area contributed by atoms with Crippen LogP contribution in [-0.4, -0.2) is 50.7 Å². The molecule has 0 spiro atoms. The van der Waals surface area contributed by atoms with E-state index in [1.165, 1.54) is 0 Å². The molecule has 0 aliphatic heterocycles. The molecule has 0 aromatic carbocycles. The van der Waals surface area contributed by atoms with Crippen LogP contribution in [-0.2, 0) is 9.47 Å². The third kappa shape index (κ3) is 11.9. The Morgan fingerprint density at radius 3 is 2.56 bits per heavy atom. The second kappa shape index (κ2) is 11.3. The number of hydrogen-bond acceptors (Lipinski definition) is 4. The van der Waals surface area contributed by atoms with E-state index >= 15 is 0 Å². The van der Waals surface area contributed by atoms with Gasteiger partial charge in [0.2, 0.25) is 0 Å². The molecule has 0 saturated carbocycles. The zero-order valence-corrected chi connectivity index (χ0v) is 10.9. The van der Waals surface area contributed by atoms with Gasteiger partial charge in [0, 0.05) is 26.4 Å². The predicted octanol–water partition coefficient (Wildman–Crippen LogP) is 1.04. The van der Waals surface area contributed by atoms with Crippen molar-refractivity contribution < 1.29 is 14.6 Å².